The molecule has 4 fully saturated rings. The van der Waals surface area contributed by atoms with Crippen molar-refractivity contribution in [3.63, 3.8) is 0 Å². The van der Waals surface area contributed by atoms with Gasteiger partial charge in [-0.2, -0.15) is 0 Å². The third-order valence-electron chi connectivity index (χ3n) is 8.16. The van der Waals surface area contributed by atoms with E-state index in [0.29, 0.717) is 17.6 Å². The average Bonchev–Trinajstić information content (AvgIpc) is 2.79. The van der Waals surface area contributed by atoms with Crippen LogP contribution in [0.4, 0.5) is 0 Å². The lowest BCUT2D eigenvalue weighted by atomic mass is 9.49. The van der Waals surface area contributed by atoms with E-state index >= 15 is 0 Å². The Kier molecular flexibility index (Phi) is 3.25. The molecule has 0 aromatic carbocycles. The molecule has 4 saturated carbocycles. The predicted octanol–water partition coefficient (Wildman–Crippen LogP) is 3.57. The van der Waals surface area contributed by atoms with Gasteiger partial charge in [0.05, 0.1) is 0 Å². The molecule has 0 aromatic rings. The zero-order chi connectivity index (χ0) is 15.5. The van der Waals surface area contributed by atoms with E-state index in [9.17, 15) is 9.90 Å². The van der Waals surface area contributed by atoms with Gasteiger partial charge in [-0.3, -0.25) is 4.79 Å². The van der Waals surface area contributed by atoms with E-state index in [1.165, 1.54) is 19.3 Å². The molecule has 0 aliphatic heterocycles. The van der Waals surface area contributed by atoms with E-state index < -0.39 is 5.60 Å². The van der Waals surface area contributed by atoms with Gasteiger partial charge in [0.15, 0.2) is 0 Å². The number of carbonyl (C=O) groups excluding carboxylic acids is 1. The molecule has 0 aromatic heterocycles. The van der Waals surface area contributed by atoms with Crippen molar-refractivity contribution in [2.75, 3.05) is 0 Å². The summed E-state index contributed by atoms with van der Waals surface area (Å²) in [4.78, 5) is 11.8. The number of hydrogen-bond acceptors (Lipinski definition) is 2. The van der Waals surface area contributed by atoms with Gasteiger partial charge in [0.25, 0.3) is 0 Å². The summed E-state index contributed by atoms with van der Waals surface area (Å²) >= 11 is 0. The standard InChI is InChI=1S/C20H28O2/c1-3-20(22)11-9-18-17-6-4-13-12-14(21)5-7-15(13)16(17)8-10-19(18,20)2/h1,13,15-18,22H,4-12H2,2H3/t13?,15?,16?,17?,18?,19-,20-/m0/s1. The van der Waals surface area contributed by atoms with E-state index in [0.717, 1.165) is 56.3 Å². The molecule has 2 heteroatoms. The first kappa shape index (κ1) is 14.8. The van der Waals surface area contributed by atoms with Gasteiger partial charge in [0.2, 0.25) is 0 Å². The largest absolute Gasteiger partial charge is 0.377 e. The molecule has 0 bridgehead atoms. The minimum Gasteiger partial charge on any atom is -0.377 e. The fraction of sp³-hybridized carbons (Fsp3) is 0.850. The number of terminal acetylenes is 1. The van der Waals surface area contributed by atoms with Crippen molar-refractivity contribution in [2.45, 2.75) is 70.3 Å². The Morgan fingerprint density at radius 1 is 1.09 bits per heavy atom. The molecule has 0 saturated heterocycles. The average molecular weight is 300 g/mol. The number of hydrogen-bond donors (Lipinski definition) is 1. The molecule has 5 unspecified atom stereocenters. The van der Waals surface area contributed by atoms with Crippen molar-refractivity contribution < 1.29 is 9.90 Å². The van der Waals surface area contributed by atoms with E-state index in [1.54, 1.807) is 0 Å². The first-order chi connectivity index (χ1) is 10.5. The normalized spacial score (nSPS) is 54.0. The Bertz CT molecular complexity index is 532. The van der Waals surface area contributed by atoms with Gasteiger partial charge >= 0.3 is 0 Å². The van der Waals surface area contributed by atoms with Gasteiger partial charge in [-0.05, 0) is 74.5 Å². The molecule has 120 valence electrons. The van der Waals surface area contributed by atoms with Gasteiger partial charge in [-0.15, -0.1) is 6.42 Å². The van der Waals surface area contributed by atoms with Gasteiger partial charge < -0.3 is 5.11 Å². The number of ketones is 1. The van der Waals surface area contributed by atoms with E-state index in [-0.39, 0.29) is 5.41 Å². The lowest BCUT2D eigenvalue weighted by Crippen LogP contribution is -2.53. The van der Waals surface area contributed by atoms with Crippen LogP contribution in [-0.2, 0) is 4.79 Å². The van der Waals surface area contributed by atoms with Crippen LogP contribution in [0.5, 0.6) is 0 Å². The molecule has 4 rings (SSSR count). The van der Waals surface area contributed by atoms with Crippen LogP contribution >= 0.6 is 0 Å². The second-order valence-electron chi connectivity index (χ2n) is 8.72. The molecular weight excluding hydrogens is 272 g/mol. The number of Topliss-reactive ketones (excluding diaryl/α,β-unsaturated/α-hetero) is 1. The summed E-state index contributed by atoms with van der Waals surface area (Å²) in [6.07, 6.45) is 15.1. The fourth-order valence-corrected chi connectivity index (χ4v) is 6.91. The molecule has 4 aliphatic rings. The zero-order valence-electron chi connectivity index (χ0n) is 13.7. The maximum absolute atomic E-state index is 11.8. The Morgan fingerprint density at radius 2 is 1.91 bits per heavy atom. The Labute approximate surface area is 134 Å². The quantitative estimate of drug-likeness (QED) is 0.694. The Balaban J connectivity index is 1.61. The first-order valence-electron chi connectivity index (χ1n) is 9.20. The van der Waals surface area contributed by atoms with Crippen LogP contribution in [0.1, 0.15) is 64.7 Å². The van der Waals surface area contributed by atoms with Crippen molar-refractivity contribution in [3.8, 4) is 12.3 Å². The smallest absolute Gasteiger partial charge is 0.133 e. The minimum absolute atomic E-state index is 0.0831. The second kappa shape index (κ2) is 4.84. The lowest BCUT2D eigenvalue weighted by molar-refractivity contribution is -0.130. The number of aliphatic hydroxyl groups is 1. The molecule has 4 aliphatic carbocycles. The fourth-order valence-electron chi connectivity index (χ4n) is 6.91. The summed E-state index contributed by atoms with van der Waals surface area (Å²) < 4.78 is 0. The van der Waals surface area contributed by atoms with Gasteiger partial charge in [-0.25, -0.2) is 0 Å². The molecule has 1 N–H and O–H groups in total. The van der Waals surface area contributed by atoms with Crippen LogP contribution in [0.25, 0.3) is 0 Å². The lowest BCUT2D eigenvalue weighted by Gasteiger charge is -2.56. The topological polar surface area (TPSA) is 37.3 Å². The van der Waals surface area contributed by atoms with Crippen LogP contribution in [-0.4, -0.2) is 16.5 Å². The maximum atomic E-state index is 11.8. The van der Waals surface area contributed by atoms with Gasteiger partial charge in [-0.1, -0.05) is 12.8 Å². The predicted molar refractivity (Wildman–Crippen MR) is 85.9 cm³/mol. The van der Waals surface area contributed by atoms with Gasteiger partial charge in [0, 0.05) is 18.3 Å². The van der Waals surface area contributed by atoms with E-state index in [1.807, 2.05) is 0 Å². The number of carbonyl (C=O) groups is 1. The maximum Gasteiger partial charge on any atom is 0.133 e. The molecular formula is C20H28O2. The highest BCUT2D eigenvalue weighted by molar-refractivity contribution is 5.79. The first-order valence-corrected chi connectivity index (χ1v) is 9.20. The molecule has 0 radical (unpaired) electrons. The summed E-state index contributed by atoms with van der Waals surface area (Å²) in [6, 6.07) is 0. The molecule has 2 nitrogen and oxygen atoms in total. The van der Waals surface area contributed by atoms with E-state index in [4.69, 9.17) is 6.42 Å². The summed E-state index contributed by atoms with van der Waals surface area (Å²) in [5, 5.41) is 10.9. The highest BCUT2D eigenvalue weighted by Gasteiger charge is 2.62. The molecule has 22 heavy (non-hydrogen) atoms. The Morgan fingerprint density at radius 3 is 2.68 bits per heavy atom. The molecule has 0 heterocycles. The van der Waals surface area contributed by atoms with Crippen molar-refractivity contribution in [2.24, 2.45) is 35.0 Å². The minimum atomic E-state index is -0.887. The summed E-state index contributed by atoms with van der Waals surface area (Å²) in [6.45, 7) is 2.25. The van der Waals surface area contributed by atoms with Crippen LogP contribution < -0.4 is 0 Å². The highest BCUT2D eigenvalue weighted by Crippen LogP contribution is 2.65. The van der Waals surface area contributed by atoms with Crippen molar-refractivity contribution >= 4 is 5.78 Å². The second-order valence-corrected chi connectivity index (χ2v) is 8.72. The van der Waals surface area contributed by atoms with Crippen LogP contribution in [0, 0.1) is 47.3 Å². The Hall–Kier alpha value is -0.810. The number of fused-ring (bicyclic) bond motifs is 5. The van der Waals surface area contributed by atoms with Crippen LogP contribution in [0.3, 0.4) is 0 Å². The van der Waals surface area contributed by atoms with Crippen LogP contribution in [0.2, 0.25) is 0 Å². The molecule has 0 spiro atoms. The van der Waals surface area contributed by atoms with E-state index in [2.05, 4.69) is 12.8 Å². The summed E-state index contributed by atoms with van der Waals surface area (Å²) in [7, 11) is 0. The third kappa shape index (κ3) is 1.81. The monoisotopic (exact) mass is 300 g/mol. The molecule has 0 amide bonds. The summed E-state index contributed by atoms with van der Waals surface area (Å²) in [5.74, 6) is 6.76. The van der Waals surface area contributed by atoms with Crippen molar-refractivity contribution in [3.05, 3.63) is 0 Å². The van der Waals surface area contributed by atoms with Gasteiger partial charge in [0.1, 0.15) is 11.4 Å². The van der Waals surface area contributed by atoms with Crippen molar-refractivity contribution in [1.82, 2.24) is 0 Å². The highest BCUT2D eigenvalue weighted by atomic mass is 16.3. The molecule has 7 atom stereocenters. The van der Waals surface area contributed by atoms with Crippen LogP contribution in [0.15, 0.2) is 0 Å². The van der Waals surface area contributed by atoms with Crippen molar-refractivity contribution in [1.29, 1.82) is 0 Å². The zero-order valence-corrected chi connectivity index (χ0v) is 13.7. The summed E-state index contributed by atoms with van der Waals surface area (Å²) in [5.41, 5.74) is -0.970. The number of rotatable bonds is 0. The third-order valence-corrected chi connectivity index (χ3v) is 8.16. The SMILES string of the molecule is C#C[C@]1(O)CCC2C3CCC4CC(=O)CCC4C3CC[C@@]21C.